The Kier molecular flexibility index (Phi) is 10.4. The second-order valence-corrected chi connectivity index (χ2v) is 19.5. The number of phenols is 3. The van der Waals surface area contributed by atoms with Crippen molar-refractivity contribution in [3.63, 3.8) is 0 Å². The SMILES string of the molecule is CC(C)(C)c1cc(C2CCCC(c3cc(-c4ccccc4)c(O)c(C(C)(C)C)c3)(c3cc(-c4ccccc4)c(O)c(C(C)(C)C)c3)C2)cc(-c2ccccc2)c1O. The fourth-order valence-corrected chi connectivity index (χ4v) is 9.19. The van der Waals surface area contributed by atoms with Crippen LogP contribution < -0.4 is 0 Å². The number of benzene rings is 6. The molecule has 0 bridgehead atoms. The summed E-state index contributed by atoms with van der Waals surface area (Å²) in [5, 5.41) is 36.0. The van der Waals surface area contributed by atoms with Crippen LogP contribution in [0.3, 0.4) is 0 Å². The monoisotopic (exact) mass is 756 g/mol. The first kappa shape index (κ1) is 39.9. The molecule has 3 nitrogen and oxygen atoms in total. The van der Waals surface area contributed by atoms with Crippen molar-refractivity contribution >= 4 is 0 Å². The lowest BCUT2D eigenvalue weighted by molar-refractivity contribution is 0.308. The summed E-state index contributed by atoms with van der Waals surface area (Å²) >= 11 is 0. The smallest absolute Gasteiger partial charge is 0.127 e. The van der Waals surface area contributed by atoms with Crippen LogP contribution in [0.1, 0.15) is 127 Å². The standard InChI is InChI=1S/C54H60O3/c1-51(2,3)45-29-39(28-42(48(45)55)35-20-13-10-14-21-35)38-26-19-27-54(34-38,40-30-43(36-22-15-11-16-23-36)49(56)46(32-40)52(4,5)6)41-31-44(37-24-17-12-18-25-37)50(57)47(33-41)53(7,8)9/h10-18,20-25,28-33,38,55-57H,19,26-27,34H2,1-9H3. The Morgan fingerprint density at radius 1 is 0.456 bits per heavy atom. The van der Waals surface area contributed by atoms with Gasteiger partial charge in [-0.2, -0.15) is 0 Å². The second kappa shape index (κ2) is 14.9. The minimum atomic E-state index is -0.482. The third-order valence-corrected chi connectivity index (χ3v) is 12.4. The molecule has 6 aromatic rings. The third kappa shape index (κ3) is 7.74. The van der Waals surface area contributed by atoms with Gasteiger partial charge in [-0.1, -0.05) is 178 Å². The topological polar surface area (TPSA) is 60.7 Å². The van der Waals surface area contributed by atoms with E-state index < -0.39 is 5.41 Å². The minimum absolute atomic E-state index is 0.169. The van der Waals surface area contributed by atoms with Gasteiger partial charge in [0.05, 0.1) is 0 Å². The highest BCUT2D eigenvalue weighted by molar-refractivity contribution is 5.77. The van der Waals surface area contributed by atoms with Crippen molar-refractivity contribution in [1.82, 2.24) is 0 Å². The van der Waals surface area contributed by atoms with Crippen LogP contribution in [0.4, 0.5) is 0 Å². The van der Waals surface area contributed by atoms with Gasteiger partial charge in [-0.15, -0.1) is 0 Å². The quantitative estimate of drug-likeness (QED) is 0.159. The van der Waals surface area contributed by atoms with Crippen LogP contribution in [0.5, 0.6) is 17.2 Å². The third-order valence-electron chi connectivity index (χ3n) is 12.4. The first-order chi connectivity index (χ1) is 26.9. The molecule has 294 valence electrons. The summed E-state index contributed by atoms with van der Waals surface area (Å²) in [6.45, 7) is 19.6. The molecular formula is C54H60O3. The molecule has 0 heterocycles. The number of phenolic OH excluding ortho intramolecular Hbond substituents is 3. The van der Waals surface area contributed by atoms with E-state index >= 15 is 0 Å². The molecule has 1 fully saturated rings. The van der Waals surface area contributed by atoms with Gasteiger partial charge in [0, 0.05) is 38.8 Å². The number of rotatable bonds is 6. The van der Waals surface area contributed by atoms with E-state index in [0.29, 0.717) is 17.2 Å². The van der Waals surface area contributed by atoms with E-state index in [9.17, 15) is 15.3 Å². The number of aromatic hydroxyl groups is 3. The molecule has 7 rings (SSSR count). The van der Waals surface area contributed by atoms with Gasteiger partial charge < -0.3 is 15.3 Å². The molecule has 0 aliphatic heterocycles. The summed E-state index contributed by atoms with van der Waals surface area (Å²) in [5.74, 6) is 1.17. The first-order valence-electron chi connectivity index (χ1n) is 20.7. The Labute approximate surface area is 341 Å². The highest BCUT2D eigenvalue weighted by Gasteiger charge is 2.43. The van der Waals surface area contributed by atoms with Gasteiger partial charge in [0.1, 0.15) is 17.2 Å². The molecule has 0 saturated heterocycles. The highest BCUT2D eigenvalue weighted by atomic mass is 16.3. The van der Waals surface area contributed by atoms with Crippen molar-refractivity contribution in [2.24, 2.45) is 0 Å². The van der Waals surface area contributed by atoms with Crippen molar-refractivity contribution in [3.8, 4) is 50.6 Å². The van der Waals surface area contributed by atoms with Crippen LogP contribution in [0.15, 0.2) is 127 Å². The van der Waals surface area contributed by atoms with Gasteiger partial charge in [-0.05, 0) is 93.0 Å². The lowest BCUT2D eigenvalue weighted by Crippen LogP contribution is -2.35. The predicted octanol–water partition coefficient (Wildman–Crippen LogP) is 14.3. The molecule has 0 amide bonds. The fraction of sp³-hybridized carbons (Fsp3) is 0.333. The van der Waals surface area contributed by atoms with Crippen LogP contribution in [0.2, 0.25) is 0 Å². The average Bonchev–Trinajstić information content (AvgIpc) is 3.17. The van der Waals surface area contributed by atoms with Gasteiger partial charge in [-0.3, -0.25) is 0 Å². The fourth-order valence-electron chi connectivity index (χ4n) is 9.19. The van der Waals surface area contributed by atoms with Crippen LogP contribution in [0.25, 0.3) is 33.4 Å². The largest absolute Gasteiger partial charge is 0.507 e. The summed E-state index contributed by atoms with van der Waals surface area (Å²) in [6.07, 6.45) is 3.72. The molecule has 57 heavy (non-hydrogen) atoms. The van der Waals surface area contributed by atoms with Crippen molar-refractivity contribution in [3.05, 3.63) is 161 Å². The lowest BCUT2D eigenvalue weighted by atomic mass is 9.59. The molecule has 1 unspecified atom stereocenters. The summed E-state index contributed by atoms with van der Waals surface area (Å²) in [7, 11) is 0. The van der Waals surface area contributed by atoms with Gasteiger partial charge in [0.25, 0.3) is 0 Å². The summed E-state index contributed by atoms with van der Waals surface area (Å²) in [5.41, 5.74) is 10.5. The zero-order valence-corrected chi connectivity index (χ0v) is 35.4. The van der Waals surface area contributed by atoms with Crippen molar-refractivity contribution in [2.75, 3.05) is 0 Å². The van der Waals surface area contributed by atoms with Gasteiger partial charge in [-0.25, -0.2) is 0 Å². The molecule has 3 heteroatoms. The molecule has 0 spiro atoms. The second-order valence-electron chi connectivity index (χ2n) is 19.5. The zero-order valence-electron chi connectivity index (χ0n) is 35.4. The zero-order chi connectivity index (χ0) is 40.9. The highest BCUT2D eigenvalue weighted by Crippen LogP contribution is 2.55. The minimum Gasteiger partial charge on any atom is -0.507 e. The Balaban J connectivity index is 1.55. The van der Waals surface area contributed by atoms with Crippen LogP contribution in [0, 0.1) is 0 Å². The van der Waals surface area contributed by atoms with E-state index in [1.54, 1.807) is 0 Å². The Morgan fingerprint density at radius 2 is 0.807 bits per heavy atom. The molecule has 6 aromatic carbocycles. The van der Waals surface area contributed by atoms with Crippen molar-refractivity contribution in [1.29, 1.82) is 0 Å². The van der Waals surface area contributed by atoms with Crippen molar-refractivity contribution in [2.45, 2.75) is 116 Å². The maximum absolute atomic E-state index is 12.1. The molecule has 0 radical (unpaired) electrons. The van der Waals surface area contributed by atoms with Gasteiger partial charge in [0.2, 0.25) is 0 Å². The van der Waals surface area contributed by atoms with Gasteiger partial charge in [0.15, 0.2) is 0 Å². The van der Waals surface area contributed by atoms with Crippen LogP contribution in [-0.2, 0) is 21.7 Å². The maximum Gasteiger partial charge on any atom is 0.127 e. The normalized spacial score (nSPS) is 16.1. The maximum atomic E-state index is 12.1. The van der Waals surface area contributed by atoms with E-state index in [2.05, 4.69) is 135 Å². The molecule has 3 N–H and O–H groups in total. The predicted molar refractivity (Wildman–Crippen MR) is 239 cm³/mol. The molecule has 0 aromatic heterocycles. The summed E-state index contributed by atoms with van der Waals surface area (Å²) in [6, 6.07) is 44.4. The average molecular weight is 757 g/mol. The summed E-state index contributed by atoms with van der Waals surface area (Å²) < 4.78 is 0. The Bertz CT molecular complexity index is 2260. The van der Waals surface area contributed by atoms with Gasteiger partial charge >= 0.3 is 0 Å². The van der Waals surface area contributed by atoms with E-state index in [1.807, 2.05) is 54.6 Å². The Morgan fingerprint density at radius 3 is 1.18 bits per heavy atom. The van der Waals surface area contributed by atoms with E-state index in [1.165, 1.54) is 16.7 Å². The summed E-state index contributed by atoms with van der Waals surface area (Å²) in [4.78, 5) is 0. The van der Waals surface area contributed by atoms with Crippen LogP contribution in [-0.4, -0.2) is 15.3 Å². The number of hydrogen-bond donors (Lipinski definition) is 3. The van der Waals surface area contributed by atoms with E-state index in [-0.39, 0.29) is 22.2 Å². The first-order valence-corrected chi connectivity index (χ1v) is 20.7. The Hall–Kier alpha value is -5.28. The molecule has 1 saturated carbocycles. The van der Waals surface area contributed by atoms with E-state index in [4.69, 9.17) is 0 Å². The lowest BCUT2D eigenvalue weighted by Gasteiger charge is -2.44. The molecule has 1 atom stereocenters. The molecule has 1 aliphatic rings. The van der Waals surface area contributed by atoms with E-state index in [0.717, 1.165) is 75.8 Å². The molecule has 1 aliphatic carbocycles. The molecular weight excluding hydrogens is 697 g/mol. The van der Waals surface area contributed by atoms with Crippen molar-refractivity contribution < 1.29 is 15.3 Å². The van der Waals surface area contributed by atoms with Crippen LogP contribution >= 0.6 is 0 Å². The number of hydrogen-bond acceptors (Lipinski definition) is 3.